The van der Waals surface area contributed by atoms with Gasteiger partial charge in [-0.15, -0.1) is 11.3 Å². The van der Waals surface area contributed by atoms with Crippen LogP contribution in [0.3, 0.4) is 0 Å². The fourth-order valence-electron chi connectivity index (χ4n) is 1.83. The lowest BCUT2D eigenvalue weighted by molar-refractivity contribution is 1.39. The fraction of sp³-hybridized carbons (Fsp3) is 0. The van der Waals surface area contributed by atoms with E-state index in [4.69, 9.17) is 23.2 Å². The first-order chi connectivity index (χ1) is 9.65. The molecule has 100 valence electrons. The van der Waals surface area contributed by atoms with Crippen LogP contribution in [-0.2, 0) is 0 Å². The number of rotatable bonds is 2. The fourth-order valence-corrected chi connectivity index (χ4v) is 3.43. The van der Waals surface area contributed by atoms with Gasteiger partial charge >= 0.3 is 0 Å². The van der Waals surface area contributed by atoms with Crippen molar-refractivity contribution >= 4 is 50.5 Å². The Labute approximate surface area is 139 Å². The van der Waals surface area contributed by atoms with E-state index >= 15 is 0 Å². The van der Waals surface area contributed by atoms with Crippen LogP contribution in [0.2, 0.25) is 10.0 Å². The second-order valence-electron chi connectivity index (χ2n) is 4.15. The average molecular weight is 385 g/mol. The smallest absolute Gasteiger partial charge is 0.124 e. The number of hydrogen-bond acceptors (Lipinski definition) is 2. The summed E-state index contributed by atoms with van der Waals surface area (Å²) in [6.45, 7) is 0. The van der Waals surface area contributed by atoms with Crippen molar-refractivity contribution in [3.63, 3.8) is 0 Å². The number of nitrogens with zero attached hydrogens (tertiary/aromatic N) is 1. The number of benzene rings is 2. The van der Waals surface area contributed by atoms with Gasteiger partial charge in [0.05, 0.1) is 15.7 Å². The van der Waals surface area contributed by atoms with Gasteiger partial charge in [-0.1, -0.05) is 63.4 Å². The number of thiazole rings is 1. The van der Waals surface area contributed by atoms with Crippen molar-refractivity contribution in [2.24, 2.45) is 0 Å². The number of hydrogen-bond donors (Lipinski definition) is 0. The highest BCUT2D eigenvalue weighted by Gasteiger charge is 2.10. The highest BCUT2D eigenvalue weighted by molar-refractivity contribution is 9.10. The van der Waals surface area contributed by atoms with Crippen LogP contribution in [-0.4, -0.2) is 4.98 Å². The summed E-state index contributed by atoms with van der Waals surface area (Å²) in [7, 11) is 0. The monoisotopic (exact) mass is 383 g/mol. The molecule has 0 aliphatic carbocycles. The van der Waals surface area contributed by atoms with Gasteiger partial charge in [-0.2, -0.15) is 0 Å². The van der Waals surface area contributed by atoms with Crippen LogP contribution in [0.4, 0.5) is 0 Å². The maximum absolute atomic E-state index is 6.05. The van der Waals surface area contributed by atoms with E-state index in [-0.39, 0.29) is 0 Å². The predicted octanol–water partition coefficient (Wildman–Crippen LogP) is 6.55. The summed E-state index contributed by atoms with van der Waals surface area (Å²) in [4.78, 5) is 4.67. The van der Waals surface area contributed by atoms with Gasteiger partial charge in [-0.25, -0.2) is 4.98 Å². The Bertz CT molecular complexity index is 770. The van der Waals surface area contributed by atoms with E-state index in [1.54, 1.807) is 17.4 Å². The summed E-state index contributed by atoms with van der Waals surface area (Å²) < 4.78 is 1.03. The molecule has 1 heterocycles. The van der Waals surface area contributed by atoms with Gasteiger partial charge in [0, 0.05) is 21.0 Å². The zero-order chi connectivity index (χ0) is 14.1. The van der Waals surface area contributed by atoms with Crippen molar-refractivity contribution in [2.75, 3.05) is 0 Å². The maximum Gasteiger partial charge on any atom is 0.124 e. The molecule has 0 bridgehead atoms. The van der Waals surface area contributed by atoms with Crippen molar-refractivity contribution < 1.29 is 0 Å². The Morgan fingerprint density at radius 1 is 1.00 bits per heavy atom. The first-order valence-corrected chi connectivity index (χ1v) is 8.24. The highest BCUT2D eigenvalue weighted by Crippen LogP contribution is 2.34. The molecule has 5 heteroatoms. The molecule has 0 saturated carbocycles. The summed E-state index contributed by atoms with van der Waals surface area (Å²) in [5.74, 6) is 0. The lowest BCUT2D eigenvalue weighted by Crippen LogP contribution is -1.81. The van der Waals surface area contributed by atoms with Crippen molar-refractivity contribution in [1.29, 1.82) is 0 Å². The van der Waals surface area contributed by atoms with Gasteiger partial charge in [-0.05, 0) is 18.2 Å². The van der Waals surface area contributed by atoms with Crippen LogP contribution < -0.4 is 0 Å². The lowest BCUT2D eigenvalue weighted by Gasteiger charge is -2.01. The largest absolute Gasteiger partial charge is 0.236 e. The lowest BCUT2D eigenvalue weighted by atomic mass is 10.2. The number of aromatic nitrogens is 1. The normalized spacial score (nSPS) is 10.8. The zero-order valence-corrected chi connectivity index (χ0v) is 14.0. The molecule has 0 amide bonds. The molecular weight excluding hydrogens is 377 g/mol. The third kappa shape index (κ3) is 2.77. The van der Waals surface area contributed by atoms with Crippen molar-refractivity contribution in [1.82, 2.24) is 4.98 Å². The van der Waals surface area contributed by atoms with E-state index in [2.05, 4.69) is 20.9 Å². The summed E-state index contributed by atoms with van der Waals surface area (Å²) >= 11 is 17.1. The van der Waals surface area contributed by atoms with E-state index in [0.717, 1.165) is 26.3 Å². The molecule has 0 N–H and O–H groups in total. The van der Waals surface area contributed by atoms with Crippen LogP contribution in [0.25, 0.3) is 21.8 Å². The van der Waals surface area contributed by atoms with Gasteiger partial charge in [0.25, 0.3) is 0 Å². The SMILES string of the molecule is Clc1ccc(-c2nc(-c3ccccc3Br)cs2)cc1Cl. The Kier molecular flexibility index (Phi) is 4.13. The molecule has 0 radical (unpaired) electrons. The molecule has 0 saturated heterocycles. The highest BCUT2D eigenvalue weighted by atomic mass is 79.9. The van der Waals surface area contributed by atoms with E-state index in [9.17, 15) is 0 Å². The van der Waals surface area contributed by atoms with Crippen LogP contribution in [0.1, 0.15) is 0 Å². The molecule has 2 aromatic carbocycles. The summed E-state index contributed by atoms with van der Waals surface area (Å²) in [6, 6.07) is 13.6. The van der Waals surface area contributed by atoms with Crippen molar-refractivity contribution in [3.8, 4) is 21.8 Å². The van der Waals surface area contributed by atoms with Crippen LogP contribution in [0, 0.1) is 0 Å². The van der Waals surface area contributed by atoms with Gasteiger partial charge < -0.3 is 0 Å². The minimum absolute atomic E-state index is 0.543. The molecule has 0 aliphatic heterocycles. The first-order valence-electron chi connectivity index (χ1n) is 5.81. The standard InChI is InChI=1S/C15H8BrCl2NS/c16-11-4-2-1-3-10(11)14-8-20-15(19-14)9-5-6-12(17)13(18)7-9/h1-8H. The molecule has 3 aromatic rings. The Morgan fingerprint density at radius 2 is 1.80 bits per heavy atom. The van der Waals surface area contributed by atoms with E-state index in [1.807, 2.05) is 41.8 Å². The van der Waals surface area contributed by atoms with Crippen molar-refractivity contribution in [3.05, 3.63) is 62.4 Å². The maximum atomic E-state index is 6.05. The molecule has 20 heavy (non-hydrogen) atoms. The third-order valence-corrected chi connectivity index (χ3v) is 5.14. The Hall–Kier alpha value is -0.870. The topological polar surface area (TPSA) is 12.9 Å². The second kappa shape index (κ2) is 5.86. The summed E-state index contributed by atoms with van der Waals surface area (Å²) in [6.07, 6.45) is 0. The molecule has 0 aliphatic rings. The average Bonchev–Trinajstić information content (AvgIpc) is 2.92. The van der Waals surface area contributed by atoms with Crippen LogP contribution in [0.5, 0.6) is 0 Å². The summed E-state index contributed by atoms with van der Waals surface area (Å²) in [5, 5.41) is 4.06. The Balaban J connectivity index is 2.02. The van der Waals surface area contributed by atoms with Crippen molar-refractivity contribution in [2.45, 2.75) is 0 Å². The molecule has 0 atom stereocenters. The summed E-state index contributed by atoms with van der Waals surface area (Å²) in [5.41, 5.74) is 3.00. The van der Waals surface area contributed by atoms with Gasteiger partial charge in [0.1, 0.15) is 5.01 Å². The zero-order valence-electron chi connectivity index (χ0n) is 10.1. The van der Waals surface area contributed by atoms with E-state index < -0.39 is 0 Å². The Morgan fingerprint density at radius 3 is 2.55 bits per heavy atom. The second-order valence-corrected chi connectivity index (χ2v) is 6.67. The van der Waals surface area contributed by atoms with E-state index in [0.29, 0.717) is 10.0 Å². The van der Waals surface area contributed by atoms with Crippen LogP contribution >= 0.6 is 50.5 Å². The van der Waals surface area contributed by atoms with E-state index in [1.165, 1.54) is 0 Å². The molecule has 1 nitrogen and oxygen atoms in total. The molecule has 3 rings (SSSR count). The quantitative estimate of drug-likeness (QED) is 0.488. The molecular formula is C15H8BrCl2NS. The van der Waals surface area contributed by atoms with Crippen LogP contribution in [0.15, 0.2) is 52.3 Å². The predicted molar refractivity (Wildman–Crippen MR) is 90.7 cm³/mol. The minimum Gasteiger partial charge on any atom is -0.236 e. The number of halogens is 3. The van der Waals surface area contributed by atoms with Gasteiger partial charge in [0.15, 0.2) is 0 Å². The molecule has 0 fully saturated rings. The van der Waals surface area contributed by atoms with Gasteiger partial charge in [-0.3, -0.25) is 0 Å². The first kappa shape index (κ1) is 14.1. The molecule has 0 spiro atoms. The van der Waals surface area contributed by atoms with Gasteiger partial charge in [0.2, 0.25) is 0 Å². The third-order valence-electron chi connectivity index (χ3n) is 2.82. The minimum atomic E-state index is 0.543. The molecule has 1 aromatic heterocycles. The molecule has 0 unspecified atom stereocenters.